The molecule has 1 aliphatic carbocycles. The highest BCUT2D eigenvalue weighted by Gasteiger charge is 2.39. The third-order valence-electron chi connectivity index (χ3n) is 3.93. The molecule has 1 saturated carbocycles. The van der Waals surface area contributed by atoms with Gasteiger partial charge in [0.25, 0.3) is 0 Å². The Morgan fingerprint density at radius 3 is 2.29 bits per heavy atom. The largest absolute Gasteiger partial charge is 0.386 e. The fourth-order valence-electron chi connectivity index (χ4n) is 2.73. The van der Waals surface area contributed by atoms with Crippen molar-refractivity contribution < 1.29 is 12.8 Å². The van der Waals surface area contributed by atoms with Crippen LogP contribution in [0.5, 0.6) is 0 Å². The van der Waals surface area contributed by atoms with Crippen LogP contribution in [-0.4, -0.2) is 19.8 Å². The second kappa shape index (κ2) is 6.11. The molecule has 0 heterocycles. The summed E-state index contributed by atoms with van der Waals surface area (Å²) in [4.78, 5) is -0.408. The lowest BCUT2D eigenvalue weighted by molar-refractivity contribution is 0.432. The van der Waals surface area contributed by atoms with Gasteiger partial charge in [0.2, 0.25) is 10.0 Å². The number of benzene rings is 1. The number of halogens is 1. The van der Waals surface area contributed by atoms with E-state index in [1.54, 1.807) is 0 Å². The van der Waals surface area contributed by atoms with E-state index in [4.69, 9.17) is 11.1 Å². The summed E-state index contributed by atoms with van der Waals surface area (Å²) in [6, 6.07) is 5.20. The van der Waals surface area contributed by atoms with Gasteiger partial charge in [-0.1, -0.05) is 37.8 Å². The van der Waals surface area contributed by atoms with E-state index in [0.717, 1.165) is 31.7 Å². The topological polar surface area (TPSA) is 96.0 Å². The zero-order valence-corrected chi connectivity index (χ0v) is 12.5. The first-order valence-electron chi connectivity index (χ1n) is 7.00. The van der Waals surface area contributed by atoms with Crippen LogP contribution in [0.2, 0.25) is 0 Å². The molecule has 4 N–H and O–H groups in total. The molecule has 1 fully saturated rings. The molecule has 1 aromatic rings. The monoisotopic (exact) mass is 313 g/mol. The van der Waals surface area contributed by atoms with Gasteiger partial charge in [-0.2, -0.15) is 4.72 Å². The number of sulfonamides is 1. The van der Waals surface area contributed by atoms with Gasteiger partial charge in [-0.05, 0) is 25.0 Å². The minimum Gasteiger partial charge on any atom is -0.386 e. The standard InChI is InChI=1S/C14H20FN3O2S/c15-11-7-3-4-8-12(11)21(19,20)18-14(13(16)17)9-5-1-2-6-10-14/h3-4,7-8,18H,1-2,5-6,9-10H2,(H3,16,17). The van der Waals surface area contributed by atoms with Crippen LogP contribution in [0.3, 0.4) is 0 Å². The third-order valence-corrected chi connectivity index (χ3v) is 5.50. The van der Waals surface area contributed by atoms with Crippen molar-refractivity contribution in [2.24, 2.45) is 5.73 Å². The molecule has 1 aliphatic rings. The highest BCUT2D eigenvalue weighted by molar-refractivity contribution is 7.89. The van der Waals surface area contributed by atoms with Gasteiger partial charge < -0.3 is 5.73 Å². The number of hydrogen-bond acceptors (Lipinski definition) is 3. The summed E-state index contributed by atoms with van der Waals surface area (Å²) < 4.78 is 41.1. The Morgan fingerprint density at radius 1 is 1.19 bits per heavy atom. The molecule has 21 heavy (non-hydrogen) atoms. The summed E-state index contributed by atoms with van der Waals surface area (Å²) in [5.41, 5.74) is 4.56. The summed E-state index contributed by atoms with van der Waals surface area (Å²) in [6.07, 6.45) is 4.48. The Hall–Kier alpha value is -1.47. The third kappa shape index (κ3) is 3.41. The Kier molecular flexibility index (Phi) is 4.63. The van der Waals surface area contributed by atoms with Gasteiger partial charge in [0.05, 0.1) is 5.54 Å². The van der Waals surface area contributed by atoms with E-state index in [2.05, 4.69) is 4.72 Å². The average Bonchev–Trinajstić information content (AvgIpc) is 2.65. The lowest BCUT2D eigenvalue weighted by atomic mass is 9.90. The molecule has 0 spiro atoms. The summed E-state index contributed by atoms with van der Waals surface area (Å²) in [5.74, 6) is -1.01. The van der Waals surface area contributed by atoms with Gasteiger partial charge in [0.1, 0.15) is 16.5 Å². The van der Waals surface area contributed by atoms with Crippen LogP contribution < -0.4 is 10.5 Å². The van der Waals surface area contributed by atoms with Crippen LogP contribution in [0.25, 0.3) is 0 Å². The molecule has 0 bridgehead atoms. The minimum absolute atomic E-state index is 0.204. The molecule has 0 saturated heterocycles. The lowest BCUT2D eigenvalue weighted by Crippen LogP contribution is -2.56. The zero-order valence-electron chi connectivity index (χ0n) is 11.7. The van der Waals surface area contributed by atoms with Crippen LogP contribution in [0.1, 0.15) is 38.5 Å². The predicted octanol–water partition coefficient (Wildman–Crippen LogP) is 2.13. The fraction of sp³-hybridized carbons (Fsp3) is 0.500. The second-order valence-electron chi connectivity index (χ2n) is 5.45. The zero-order chi connectivity index (χ0) is 15.5. The van der Waals surface area contributed by atoms with Crippen molar-refractivity contribution in [2.45, 2.75) is 49.0 Å². The van der Waals surface area contributed by atoms with Crippen molar-refractivity contribution in [3.63, 3.8) is 0 Å². The molecule has 0 aromatic heterocycles. The van der Waals surface area contributed by atoms with Crippen molar-refractivity contribution in [3.8, 4) is 0 Å². The van der Waals surface area contributed by atoms with E-state index in [-0.39, 0.29) is 5.84 Å². The number of hydrogen-bond donors (Lipinski definition) is 3. The number of amidine groups is 1. The molecule has 0 atom stereocenters. The Morgan fingerprint density at radius 2 is 1.76 bits per heavy atom. The van der Waals surface area contributed by atoms with Gasteiger partial charge >= 0.3 is 0 Å². The molecule has 0 radical (unpaired) electrons. The molecular formula is C14H20FN3O2S. The molecule has 0 unspecified atom stereocenters. The molecule has 0 aliphatic heterocycles. The van der Waals surface area contributed by atoms with Crippen molar-refractivity contribution >= 4 is 15.9 Å². The summed E-state index contributed by atoms with van der Waals surface area (Å²) in [5, 5.41) is 7.79. The van der Waals surface area contributed by atoms with Crippen molar-refractivity contribution in [3.05, 3.63) is 30.1 Å². The molecule has 116 valence electrons. The summed E-state index contributed by atoms with van der Waals surface area (Å²) in [6.45, 7) is 0. The van der Waals surface area contributed by atoms with Crippen molar-refractivity contribution in [1.82, 2.24) is 4.72 Å². The molecule has 5 nitrogen and oxygen atoms in total. The van der Waals surface area contributed by atoms with E-state index in [0.29, 0.717) is 12.8 Å². The number of rotatable bonds is 4. The normalized spacial score (nSPS) is 18.9. The number of nitrogens with one attached hydrogen (secondary N) is 2. The first-order valence-corrected chi connectivity index (χ1v) is 8.49. The maximum absolute atomic E-state index is 13.7. The van der Waals surface area contributed by atoms with Gasteiger partial charge in [0, 0.05) is 0 Å². The SMILES string of the molecule is N=C(N)C1(NS(=O)(=O)c2ccccc2F)CCCCCC1. The highest BCUT2D eigenvalue weighted by Crippen LogP contribution is 2.29. The maximum atomic E-state index is 13.7. The molecular weight excluding hydrogens is 293 g/mol. The Balaban J connectivity index is 2.36. The van der Waals surface area contributed by atoms with Crippen LogP contribution in [0, 0.1) is 11.2 Å². The van der Waals surface area contributed by atoms with E-state index in [1.807, 2.05) is 0 Å². The van der Waals surface area contributed by atoms with Crippen LogP contribution in [0.15, 0.2) is 29.2 Å². The second-order valence-corrected chi connectivity index (χ2v) is 7.10. The smallest absolute Gasteiger partial charge is 0.244 e. The van der Waals surface area contributed by atoms with E-state index < -0.39 is 26.3 Å². The fourth-order valence-corrected chi connectivity index (χ4v) is 4.25. The first kappa shape index (κ1) is 15.9. The quantitative estimate of drug-likeness (QED) is 0.451. The summed E-state index contributed by atoms with van der Waals surface area (Å²) >= 11 is 0. The maximum Gasteiger partial charge on any atom is 0.244 e. The molecule has 1 aromatic carbocycles. The van der Waals surface area contributed by atoms with Crippen LogP contribution in [0.4, 0.5) is 4.39 Å². The van der Waals surface area contributed by atoms with Gasteiger partial charge in [-0.15, -0.1) is 0 Å². The highest BCUT2D eigenvalue weighted by atomic mass is 32.2. The van der Waals surface area contributed by atoms with Gasteiger partial charge in [-0.3, -0.25) is 5.41 Å². The van der Waals surface area contributed by atoms with Crippen LogP contribution in [-0.2, 0) is 10.0 Å². The van der Waals surface area contributed by atoms with Gasteiger partial charge in [-0.25, -0.2) is 12.8 Å². The van der Waals surface area contributed by atoms with E-state index in [1.165, 1.54) is 18.2 Å². The minimum atomic E-state index is -4.06. The van der Waals surface area contributed by atoms with E-state index >= 15 is 0 Å². The van der Waals surface area contributed by atoms with Gasteiger partial charge in [0.15, 0.2) is 0 Å². The molecule has 2 rings (SSSR count). The molecule has 7 heteroatoms. The van der Waals surface area contributed by atoms with Crippen LogP contribution >= 0.6 is 0 Å². The number of nitrogens with two attached hydrogens (primary N) is 1. The van der Waals surface area contributed by atoms with E-state index in [9.17, 15) is 12.8 Å². The Bertz CT molecular complexity index is 623. The summed E-state index contributed by atoms with van der Waals surface area (Å²) in [7, 11) is -4.06. The van der Waals surface area contributed by atoms with Crippen molar-refractivity contribution in [1.29, 1.82) is 5.41 Å². The molecule has 0 amide bonds. The Labute approximate surface area is 124 Å². The lowest BCUT2D eigenvalue weighted by Gasteiger charge is -2.32. The average molecular weight is 313 g/mol. The predicted molar refractivity (Wildman–Crippen MR) is 79.1 cm³/mol. The van der Waals surface area contributed by atoms with Crippen molar-refractivity contribution in [2.75, 3.05) is 0 Å². The first-order chi connectivity index (χ1) is 9.87.